The zero-order valence-electron chi connectivity index (χ0n) is 14.2. The lowest BCUT2D eigenvalue weighted by atomic mass is 10.2. The van der Waals surface area contributed by atoms with Crippen molar-refractivity contribution in [3.8, 4) is 5.75 Å². The molecule has 0 heterocycles. The minimum absolute atomic E-state index is 0.0864. The molecule has 27 heavy (non-hydrogen) atoms. The van der Waals surface area contributed by atoms with E-state index in [2.05, 4.69) is 5.32 Å². The molecule has 1 N–H and O–H groups in total. The summed E-state index contributed by atoms with van der Waals surface area (Å²) < 4.78 is 23.2. The number of halogens is 1. The van der Waals surface area contributed by atoms with Crippen LogP contribution in [0.3, 0.4) is 0 Å². The fourth-order valence-corrected chi connectivity index (χ4v) is 2.04. The molecule has 0 saturated carbocycles. The monoisotopic (exact) mass is 374 g/mol. The molecule has 0 aliphatic rings. The number of carbonyl (C=O) groups is 2. The summed E-state index contributed by atoms with van der Waals surface area (Å²) in [7, 11) is 1.29. The van der Waals surface area contributed by atoms with E-state index < -0.39 is 29.2 Å². The summed E-state index contributed by atoms with van der Waals surface area (Å²) in [6.45, 7) is -0.597. The number of nitrogens with one attached hydrogen (secondary N) is 1. The summed E-state index contributed by atoms with van der Waals surface area (Å²) in [5.74, 6) is -1.91. The molecule has 0 aliphatic heterocycles. The standard InChI is InChI=1S/C18H15FN2O6/c1-26-16-10-13(21(24)25)7-8-15(16)20-17(22)11-27-18(23)9-6-12-4-2-3-5-14(12)19/h2-10H,11H2,1H3,(H,20,22)/b9-6+. The number of nitro groups is 1. The second kappa shape index (κ2) is 9.09. The summed E-state index contributed by atoms with van der Waals surface area (Å²) in [6.07, 6.45) is 2.23. The zero-order valence-corrected chi connectivity index (χ0v) is 14.2. The number of ether oxygens (including phenoxy) is 2. The molecule has 0 radical (unpaired) electrons. The molecule has 0 spiro atoms. The van der Waals surface area contributed by atoms with Gasteiger partial charge in [-0.2, -0.15) is 0 Å². The maximum Gasteiger partial charge on any atom is 0.331 e. The van der Waals surface area contributed by atoms with Crippen LogP contribution in [-0.4, -0.2) is 30.5 Å². The Labute approximate surface area is 153 Å². The number of anilines is 1. The highest BCUT2D eigenvalue weighted by Crippen LogP contribution is 2.28. The molecule has 0 bridgehead atoms. The van der Waals surface area contributed by atoms with Crippen molar-refractivity contribution in [2.24, 2.45) is 0 Å². The lowest BCUT2D eigenvalue weighted by Crippen LogP contribution is -2.20. The number of methoxy groups -OCH3 is 1. The summed E-state index contributed by atoms with van der Waals surface area (Å²) in [5, 5.41) is 13.2. The van der Waals surface area contributed by atoms with Gasteiger partial charge in [0.05, 0.1) is 23.8 Å². The van der Waals surface area contributed by atoms with E-state index in [1.165, 1.54) is 43.5 Å². The predicted molar refractivity (Wildman–Crippen MR) is 94.7 cm³/mol. The molecule has 2 rings (SSSR count). The van der Waals surface area contributed by atoms with Crippen LogP contribution in [0.15, 0.2) is 48.5 Å². The number of carbonyl (C=O) groups excluding carboxylic acids is 2. The maximum atomic E-state index is 13.4. The minimum Gasteiger partial charge on any atom is -0.494 e. The van der Waals surface area contributed by atoms with Gasteiger partial charge in [-0.25, -0.2) is 9.18 Å². The van der Waals surface area contributed by atoms with Crippen LogP contribution in [0.4, 0.5) is 15.8 Å². The zero-order chi connectivity index (χ0) is 19.8. The molecule has 0 aliphatic carbocycles. The topological polar surface area (TPSA) is 108 Å². The molecule has 2 aromatic carbocycles. The quantitative estimate of drug-likeness (QED) is 0.345. The average molecular weight is 374 g/mol. The average Bonchev–Trinajstić information content (AvgIpc) is 2.65. The minimum atomic E-state index is -0.830. The van der Waals surface area contributed by atoms with Gasteiger partial charge in [-0.3, -0.25) is 14.9 Å². The van der Waals surface area contributed by atoms with Crippen molar-refractivity contribution in [3.63, 3.8) is 0 Å². The summed E-state index contributed by atoms with van der Waals surface area (Å²) >= 11 is 0. The Morgan fingerprint density at radius 1 is 1.26 bits per heavy atom. The number of esters is 1. The highest BCUT2D eigenvalue weighted by Gasteiger charge is 2.14. The number of rotatable bonds is 7. The van der Waals surface area contributed by atoms with Crippen molar-refractivity contribution >= 4 is 29.3 Å². The molecular formula is C18H15FN2O6. The number of nitro benzene ring substituents is 1. The number of hydrogen-bond donors (Lipinski definition) is 1. The van der Waals surface area contributed by atoms with Crippen LogP contribution >= 0.6 is 0 Å². The van der Waals surface area contributed by atoms with Crippen LogP contribution in [0.2, 0.25) is 0 Å². The van der Waals surface area contributed by atoms with Crippen LogP contribution in [-0.2, 0) is 14.3 Å². The van der Waals surface area contributed by atoms with E-state index in [-0.39, 0.29) is 22.7 Å². The predicted octanol–water partition coefficient (Wildman–Crippen LogP) is 2.94. The van der Waals surface area contributed by atoms with Gasteiger partial charge in [0.1, 0.15) is 11.6 Å². The molecule has 0 unspecified atom stereocenters. The Morgan fingerprint density at radius 2 is 2.00 bits per heavy atom. The first-order valence-corrected chi connectivity index (χ1v) is 7.62. The van der Waals surface area contributed by atoms with Crippen molar-refractivity contribution < 1.29 is 28.4 Å². The smallest absolute Gasteiger partial charge is 0.331 e. The lowest BCUT2D eigenvalue weighted by molar-refractivity contribution is -0.384. The molecule has 9 heteroatoms. The molecule has 8 nitrogen and oxygen atoms in total. The Hall–Kier alpha value is -3.75. The van der Waals surface area contributed by atoms with Crippen molar-refractivity contribution in [3.05, 3.63) is 70.0 Å². The van der Waals surface area contributed by atoms with Crippen molar-refractivity contribution in [2.45, 2.75) is 0 Å². The Bertz CT molecular complexity index is 897. The summed E-state index contributed by atoms with van der Waals surface area (Å²) in [5.41, 5.74) is 0.190. The van der Waals surface area contributed by atoms with E-state index >= 15 is 0 Å². The highest BCUT2D eigenvalue weighted by molar-refractivity contribution is 5.95. The lowest BCUT2D eigenvalue weighted by Gasteiger charge is -2.09. The van der Waals surface area contributed by atoms with Crippen molar-refractivity contribution in [1.82, 2.24) is 0 Å². The number of benzene rings is 2. The fraction of sp³-hybridized carbons (Fsp3) is 0.111. The fourth-order valence-electron chi connectivity index (χ4n) is 2.04. The van der Waals surface area contributed by atoms with E-state index in [0.717, 1.165) is 12.1 Å². The molecule has 140 valence electrons. The van der Waals surface area contributed by atoms with Crippen LogP contribution < -0.4 is 10.1 Å². The van der Waals surface area contributed by atoms with Gasteiger partial charge >= 0.3 is 5.97 Å². The third-order valence-electron chi connectivity index (χ3n) is 3.32. The SMILES string of the molecule is COc1cc([N+](=O)[O-])ccc1NC(=O)COC(=O)/C=C/c1ccccc1F. The van der Waals surface area contributed by atoms with Gasteiger partial charge in [0.15, 0.2) is 6.61 Å². The van der Waals surface area contributed by atoms with Crippen LogP contribution in [0.5, 0.6) is 5.75 Å². The first-order valence-electron chi connectivity index (χ1n) is 7.62. The molecule has 2 aromatic rings. The van der Waals surface area contributed by atoms with E-state index in [9.17, 15) is 24.1 Å². The van der Waals surface area contributed by atoms with Crippen LogP contribution in [0, 0.1) is 15.9 Å². The van der Waals surface area contributed by atoms with Gasteiger partial charge in [0.25, 0.3) is 11.6 Å². The molecule has 1 amide bonds. The molecular weight excluding hydrogens is 359 g/mol. The van der Waals surface area contributed by atoms with E-state index in [0.29, 0.717) is 0 Å². The maximum absolute atomic E-state index is 13.4. The number of amides is 1. The Morgan fingerprint density at radius 3 is 2.67 bits per heavy atom. The molecule has 0 aromatic heterocycles. The number of nitrogens with zero attached hydrogens (tertiary/aromatic N) is 1. The number of non-ortho nitro benzene ring substituents is 1. The van der Waals surface area contributed by atoms with Gasteiger partial charge < -0.3 is 14.8 Å². The molecule has 0 atom stereocenters. The van der Waals surface area contributed by atoms with Gasteiger partial charge in [-0.1, -0.05) is 18.2 Å². The van der Waals surface area contributed by atoms with E-state index in [1.807, 2.05) is 0 Å². The molecule has 0 saturated heterocycles. The third-order valence-corrected chi connectivity index (χ3v) is 3.32. The first kappa shape index (κ1) is 19.6. The summed E-state index contributed by atoms with van der Waals surface area (Å²) in [4.78, 5) is 33.6. The van der Waals surface area contributed by atoms with E-state index in [1.54, 1.807) is 6.07 Å². The van der Waals surface area contributed by atoms with Crippen molar-refractivity contribution in [1.29, 1.82) is 0 Å². The van der Waals surface area contributed by atoms with Gasteiger partial charge in [0.2, 0.25) is 0 Å². The second-order valence-corrected chi connectivity index (χ2v) is 5.15. The Balaban J connectivity index is 1.91. The second-order valence-electron chi connectivity index (χ2n) is 5.15. The largest absolute Gasteiger partial charge is 0.494 e. The Kier molecular flexibility index (Phi) is 6.59. The highest BCUT2D eigenvalue weighted by atomic mass is 19.1. The first-order chi connectivity index (χ1) is 12.9. The van der Waals surface area contributed by atoms with Gasteiger partial charge in [-0.05, 0) is 18.2 Å². The number of hydrogen-bond acceptors (Lipinski definition) is 6. The van der Waals surface area contributed by atoms with Crippen LogP contribution in [0.25, 0.3) is 6.08 Å². The van der Waals surface area contributed by atoms with Gasteiger partial charge in [0, 0.05) is 17.7 Å². The van der Waals surface area contributed by atoms with Crippen molar-refractivity contribution in [2.75, 3.05) is 19.0 Å². The van der Waals surface area contributed by atoms with E-state index in [4.69, 9.17) is 9.47 Å². The van der Waals surface area contributed by atoms with Crippen LogP contribution in [0.1, 0.15) is 5.56 Å². The normalized spacial score (nSPS) is 10.4. The van der Waals surface area contributed by atoms with Gasteiger partial charge in [-0.15, -0.1) is 0 Å². The summed E-state index contributed by atoms with van der Waals surface area (Å²) in [6, 6.07) is 9.50. The molecule has 0 fully saturated rings. The third kappa shape index (κ3) is 5.63.